The molecule has 0 rings (SSSR count). The molecule has 0 heterocycles. The van der Waals surface area contributed by atoms with Gasteiger partial charge in [0.1, 0.15) is 0 Å². The fourth-order valence-corrected chi connectivity index (χ4v) is 2.54. The molecule has 0 aliphatic carbocycles. The molecule has 0 aromatic carbocycles. The Kier molecular flexibility index (Phi) is 15.6. The molecule has 1 N–H and O–H groups in total. The van der Waals surface area contributed by atoms with Crippen LogP contribution in [0.3, 0.4) is 0 Å². The molecule has 1 atom stereocenters. The zero-order valence-corrected chi connectivity index (χ0v) is 19.5. The van der Waals surface area contributed by atoms with Crippen molar-refractivity contribution in [3.63, 3.8) is 0 Å². The molecule has 0 amide bonds. The summed E-state index contributed by atoms with van der Waals surface area (Å²) in [7, 11) is 0. The highest BCUT2D eigenvalue weighted by molar-refractivity contribution is 5.81. The van der Waals surface area contributed by atoms with Crippen molar-refractivity contribution in [1.29, 1.82) is 0 Å². The monoisotopic (exact) mass is 454 g/mol. The fraction of sp³-hybridized carbons (Fsp3) is 0.900. The summed E-state index contributed by atoms with van der Waals surface area (Å²) in [5, 5.41) is 10.0. The summed E-state index contributed by atoms with van der Waals surface area (Å²) < 4.78 is 42.7. The van der Waals surface area contributed by atoms with Crippen LogP contribution in [0.5, 0.6) is 0 Å². The van der Waals surface area contributed by atoms with Crippen molar-refractivity contribution < 1.29 is 52.6 Å². The fourth-order valence-electron chi connectivity index (χ4n) is 2.54. The van der Waals surface area contributed by atoms with Gasteiger partial charge >= 0.3 is 23.9 Å². The lowest BCUT2D eigenvalue weighted by atomic mass is 10.2. The molecular weight excluding hydrogens is 416 g/mol. The lowest BCUT2D eigenvalue weighted by Gasteiger charge is -2.32. The van der Waals surface area contributed by atoms with Crippen LogP contribution in [0.2, 0.25) is 0 Å². The molecule has 0 fully saturated rings. The minimum atomic E-state index is -1.75. The van der Waals surface area contributed by atoms with Crippen molar-refractivity contribution in [1.82, 2.24) is 0 Å². The Hall–Kier alpha value is -1.34. The quantitative estimate of drug-likeness (QED) is 0.224. The number of aliphatic hydroxyl groups is 1. The summed E-state index contributed by atoms with van der Waals surface area (Å²) >= 11 is 0. The molecule has 0 aromatic heterocycles. The maximum Gasteiger partial charge on any atom is 0.335 e. The van der Waals surface area contributed by atoms with Crippen LogP contribution in [0.25, 0.3) is 0 Å². The Balaban J connectivity index is 4.81. The van der Waals surface area contributed by atoms with Crippen LogP contribution in [0, 0.1) is 0 Å². The molecule has 0 saturated carbocycles. The number of aliphatic hydroxyl groups excluding tert-OH is 1. The maximum absolute atomic E-state index is 12.1. The molecule has 11 nitrogen and oxygen atoms in total. The van der Waals surface area contributed by atoms with E-state index >= 15 is 0 Å². The second kappa shape index (κ2) is 16.3. The van der Waals surface area contributed by atoms with Gasteiger partial charge in [0.15, 0.2) is 19.3 Å². The van der Waals surface area contributed by atoms with Gasteiger partial charge in [0.05, 0.1) is 6.42 Å². The Labute approximate surface area is 184 Å². The number of carbonyl (C=O) groups is 2. The van der Waals surface area contributed by atoms with E-state index in [1.807, 2.05) is 0 Å². The summed E-state index contributed by atoms with van der Waals surface area (Å²) in [6.45, 7) is 11.1. The van der Waals surface area contributed by atoms with Crippen molar-refractivity contribution >= 4 is 11.9 Å². The van der Waals surface area contributed by atoms with Crippen molar-refractivity contribution in [2.75, 3.05) is 52.9 Å². The van der Waals surface area contributed by atoms with E-state index in [1.54, 1.807) is 41.5 Å². The minimum absolute atomic E-state index is 0.244. The average Bonchev–Trinajstić information content (AvgIpc) is 2.72. The van der Waals surface area contributed by atoms with Crippen LogP contribution in [0.1, 0.15) is 48.0 Å². The van der Waals surface area contributed by atoms with Gasteiger partial charge in [-0.2, -0.15) is 0 Å². The van der Waals surface area contributed by atoms with E-state index in [2.05, 4.69) is 0 Å². The highest BCUT2D eigenvalue weighted by Gasteiger charge is 2.37. The van der Waals surface area contributed by atoms with E-state index in [0.717, 1.165) is 0 Å². The van der Waals surface area contributed by atoms with Gasteiger partial charge in [0.25, 0.3) is 0 Å². The van der Waals surface area contributed by atoms with Gasteiger partial charge < -0.3 is 43.0 Å². The van der Waals surface area contributed by atoms with Crippen molar-refractivity contribution in [3.05, 3.63) is 0 Å². The molecule has 0 aliphatic heterocycles. The first-order chi connectivity index (χ1) is 14.8. The van der Waals surface area contributed by atoms with Crippen LogP contribution in [-0.4, -0.2) is 88.0 Å². The van der Waals surface area contributed by atoms with E-state index in [4.69, 9.17) is 37.9 Å². The Morgan fingerprint density at radius 3 is 1.29 bits per heavy atom. The Morgan fingerprint density at radius 2 is 0.968 bits per heavy atom. The summed E-state index contributed by atoms with van der Waals surface area (Å²) in [6, 6.07) is 0. The molecule has 0 radical (unpaired) electrons. The van der Waals surface area contributed by atoms with Crippen LogP contribution >= 0.6 is 0 Å². The molecule has 0 aromatic rings. The molecule has 0 spiro atoms. The molecule has 31 heavy (non-hydrogen) atoms. The van der Waals surface area contributed by atoms with Gasteiger partial charge in [0.2, 0.25) is 0 Å². The Bertz CT molecular complexity index is 463. The molecule has 0 bridgehead atoms. The SMILES string of the molecule is CCOC(COC(=O)CC(O)C(=O)OCC(OCC)(OCC)OCC)(OCC)OCC. The van der Waals surface area contributed by atoms with Gasteiger partial charge in [-0.1, -0.05) is 0 Å². The van der Waals surface area contributed by atoms with Crippen LogP contribution in [0.4, 0.5) is 0 Å². The number of ether oxygens (including phenoxy) is 8. The van der Waals surface area contributed by atoms with E-state index in [9.17, 15) is 14.7 Å². The number of hydrogen-bond acceptors (Lipinski definition) is 11. The van der Waals surface area contributed by atoms with Gasteiger partial charge in [-0.05, 0) is 41.5 Å². The Morgan fingerprint density at radius 1 is 0.645 bits per heavy atom. The summed E-state index contributed by atoms with van der Waals surface area (Å²) in [4.78, 5) is 24.2. The van der Waals surface area contributed by atoms with Crippen molar-refractivity contribution in [2.45, 2.75) is 66.0 Å². The first-order valence-electron chi connectivity index (χ1n) is 10.6. The largest absolute Gasteiger partial charge is 0.457 e. The zero-order chi connectivity index (χ0) is 23.8. The highest BCUT2D eigenvalue weighted by Crippen LogP contribution is 2.18. The molecule has 1 unspecified atom stereocenters. The first kappa shape index (κ1) is 29.7. The van der Waals surface area contributed by atoms with E-state index in [1.165, 1.54) is 0 Å². The van der Waals surface area contributed by atoms with Crippen LogP contribution in [0.15, 0.2) is 0 Å². The predicted octanol–water partition coefficient (Wildman–Crippen LogP) is 1.35. The number of hydrogen-bond donors (Lipinski definition) is 1. The van der Waals surface area contributed by atoms with Gasteiger partial charge in [-0.3, -0.25) is 4.79 Å². The first-order valence-corrected chi connectivity index (χ1v) is 10.6. The predicted molar refractivity (Wildman–Crippen MR) is 108 cm³/mol. The molecule has 11 heteroatoms. The van der Waals surface area contributed by atoms with Crippen LogP contribution < -0.4 is 0 Å². The second-order valence-corrected chi connectivity index (χ2v) is 5.95. The second-order valence-electron chi connectivity index (χ2n) is 5.95. The molecule has 0 aliphatic rings. The van der Waals surface area contributed by atoms with Crippen LogP contribution in [-0.2, 0) is 47.5 Å². The summed E-state index contributed by atoms with van der Waals surface area (Å²) in [5.74, 6) is -5.05. The highest BCUT2D eigenvalue weighted by atomic mass is 16.9. The third-order valence-corrected chi connectivity index (χ3v) is 3.62. The summed E-state index contributed by atoms with van der Waals surface area (Å²) in [5.41, 5.74) is 0. The molecule has 184 valence electrons. The van der Waals surface area contributed by atoms with E-state index in [0.29, 0.717) is 0 Å². The smallest absolute Gasteiger partial charge is 0.335 e. The summed E-state index contributed by atoms with van der Waals surface area (Å²) in [6.07, 6.45) is -2.39. The topological polar surface area (TPSA) is 128 Å². The van der Waals surface area contributed by atoms with Gasteiger partial charge in [0, 0.05) is 39.6 Å². The third-order valence-electron chi connectivity index (χ3n) is 3.62. The van der Waals surface area contributed by atoms with Crippen molar-refractivity contribution in [2.24, 2.45) is 0 Å². The lowest BCUT2D eigenvalue weighted by Crippen LogP contribution is -2.46. The zero-order valence-electron chi connectivity index (χ0n) is 19.5. The van der Waals surface area contributed by atoms with Crippen molar-refractivity contribution in [3.8, 4) is 0 Å². The molecular formula is C20H38O11. The average molecular weight is 455 g/mol. The minimum Gasteiger partial charge on any atom is -0.457 e. The normalized spacial score (nSPS) is 13.1. The van der Waals surface area contributed by atoms with E-state index < -0.39 is 43.0 Å². The van der Waals surface area contributed by atoms with Gasteiger partial charge in [-0.25, -0.2) is 4.79 Å². The standard InChI is InChI=1S/C20H38O11/c1-7-26-19(27-8-2,28-9-3)14-24-17(22)13-16(21)18(23)25-15-20(29-10-4,30-11-5)31-12-6/h16,21H,7-15H2,1-6H3. The number of esters is 2. The number of carbonyl (C=O) groups excluding carboxylic acids is 2. The van der Waals surface area contributed by atoms with E-state index in [-0.39, 0.29) is 46.2 Å². The third kappa shape index (κ3) is 11.2. The lowest BCUT2D eigenvalue weighted by molar-refractivity contribution is -0.388. The maximum atomic E-state index is 12.1. The van der Waals surface area contributed by atoms with Gasteiger partial charge in [-0.15, -0.1) is 0 Å². The molecule has 0 saturated heterocycles. The number of rotatable bonds is 19.